The van der Waals surface area contributed by atoms with Crippen molar-refractivity contribution in [1.82, 2.24) is 10.2 Å². The molecule has 0 bridgehead atoms. The van der Waals surface area contributed by atoms with E-state index < -0.39 is 6.04 Å². The Kier molecular flexibility index (Phi) is 3.69. The summed E-state index contributed by atoms with van der Waals surface area (Å²) < 4.78 is 5.36. The fraction of sp³-hybridized carbons (Fsp3) is 0.467. The highest BCUT2D eigenvalue weighted by atomic mass is 16.5. The van der Waals surface area contributed by atoms with Gasteiger partial charge in [-0.25, -0.2) is 0 Å². The van der Waals surface area contributed by atoms with Crippen molar-refractivity contribution < 1.29 is 14.3 Å². The molecule has 1 aromatic carbocycles. The first-order chi connectivity index (χ1) is 9.77. The van der Waals surface area contributed by atoms with Crippen molar-refractivity contribution in [2.75, 3.05) is 19.8 Å². The first kappa shape index (κ1) is 13.1. The Morgan fingerprint density at radius 2 is 1.80 bits per heavy atom. The second kappa shape index (κ2) is 5.63. The molecule has 1 atom stereocenters. The number of carbonyl (C=O) groups excluding carboxylic acids is 2. The molecule has 2 heterocycles. The number of carbonyl (C=O) groups is 2. The van der Waals surface area contributed by atoms with Crippen LogP contribution in [0.5, 0.6) is 0 Å². The zero-order chi connectivity index (χ0) is 13.9. The monoisotopic (exact) mass is 274 g/mol. The molecule has 1 unspecified atom stereocenters. The maximum absolute atomic E-state index is 12.3. The molecule has 106 valence electrons. The van der Waals surface area contributed by atoms with E-state index in [1.807, 2.05) is 30.3 Å². The van der Waals surface area contributed by atoms with Gasteiger partial charge in [0, 0.05) is 19.3 Å². The van der Waals surface area contributed by atoms with Crippen LogP contribution in [0, 0.1) is 0 Å². The van der Waals surface area contributed by atoms with Crippen molar-refractivity contribution in [1.29, 1.82) is 0 Å². The summed E-state index contributed by atoms with van der Waals surface area (Å²) in [4.78, 5) is 26.3. The van der Waals surface area contributed by atoms with E-state index >= 15 is 0 Å². The first-order valence-corrected chi connectivity index (χ1v) is 6.99. The van der Waals surface area contributed by atoms with Crippen LogP contribution in [-0.2, 0) is 14.3 Å². The lowest BCUT2D eigenvalue weighted by Crippen LogP contribution is -2.57. The molecule has 1 aromatic rings. The van der Waals surface area contributed by atoms with Gasteiger partial charge in [0.15, 0.2) is 0 Å². The number of amides is 2. The molecular formula is C15H18N2O3. The molecule has 2 aliphatic heterocycles. The molecule has 0 spiro atoms. The maximum atomic E-state index is 12.3. The molecule has 2 fully saturated rings. The van der Waals surface area contributed by atoms with Crippen molar-refractivity contribution >= 4 is 11.8 Å². The highest BCUT2D eigenvalue weighted by molar-refractivity contribution is 5.95. The van der Waals surface area contributed by atoms with Crippen molar-refractivity contribution in [3.8, 4) is 0 Å². The normalized spacial score (nSPS) is 24.6. The van der Waals surface area contributed by atoms with Gasteiger partial charge >= 0.3 is 0 Å². The highest BCUT2D eigenvalue weighted by Crippen LogP contribution is 2.29. The molecule has 1 N–H and O–H groups in total. The predicted molar refractivity (Wildman–Crippen MR) is 72.9 cm³/mol. The van der Waals surface area contributed by atoms with Crippen LogP contribution in [0.3, 0.4) is 0 Å². The Labute approximate surface area is 117 Å². The SMILES string of the molecule is O=C1NCC(=O)N(C2CCOCC2)C1c1ccccc1. The van der Waals surface area contributed by atoms with Gasteiger partial charge in [0.05, 0.1) is 6.54 Å². The number of rotatable bonds is 2. The molecule has 2 amide bonds. The molecule has 2 aliphatic rings. The summed E-state index contributed by atoms with van der Waals surface area (Å²) in [6.07, 6.45) is 1.59. The van der Waals surface area contributed by atoms with Gasteiger partial charge in [0.25, 0.3) is 0 Å². The minimum Gasteiger partial charge on any atom is -0.381 e. The number of ether oxygens (including phenoxy) is 1. The van der Waals surface area contributed by atoms with Crippen molar-refractivity contribution in [2.24, 2.45) is 0 Å². The number of nitrogens with zero attached hydrogens (tertiary/aromatic N) is 1. The van der Waals surface area contributed by atoms with E-state index in [-0.39, 0.29) is 24.4 Å². The smallest absolute Gasteiger partial charge is 0.247 e. The van der Waals surface area contributed by atoms with Crippen molar-refractivity contribution in [3.63, 3.8) is 0 Å². The van der Waals surface area contributed by atoms with E-state index in [4.69, 9.17) is 4.74 Å². The standard InChI is InChI=1S/C15H18N2O3/c18-13-10-16-15(19)14(11-4-2-1-3-5-11)17(13)12-6-8-20-9-7-12/h1-5,12,14H,6-10H2,(H,16,19). The Bertz CT molecular complexity index is 497. The number of benzene rings is 1. The van der Waals surface area contributed by atoms with E-state index in [2.05, 4.69) is 5.32 Å². The van der Waals surface area contributed by atoms with Crippen LogP contribution in [0.25, 0.3) is 0 Å². The fourth-order valence-corrected chi connectivity index (χ4v) is 2.95. The second-order valence-corrected chi connectivity index (χ2v) is 5.18. The molecule has 5 nitrogen and oxygen atoms in total. The molecule has 5 heteroatoms. The van der Waals surface area contributed by atoms with Gasteiger partial charge < -0.3 is 15.0 Å². The molecule has 20 heavy (non-hydrogen) atoms. The lowest BCUT2D eigenvalue weighted by molar-refractivity contribution is -0.150. The summed E-state index contributed by atoms with van der Waals surface area (Å²) in [5.74, 6) is -0.104. The molecule has 2 saturated heterocycles. The topological polar surface area (TPSA) is 58.6 Å². The first-order valence-electron chi connectivity index (χ1n) is 6.99. The number of nitrogens with one attached hydrogen (secondary N) is 1. The van der Waals surface area contributed by atoms with Gasteiger partial charge in [0.2, 0.25) is 11.8 Å². The van der Waals surface area contributed by atoms with Crippen LogP contribution in [0.15, 0.2) is 30.3 Å². The van der Waals surface area contributed by atoms with Crippen LogP contribution >= 0.6 is 0 Å². The third-order valence-electron chi connectivity index (χ3n) is 3.93. The largest absolute Gasteiger partial charge is 0.381 e. The zero-order valence-corrected chi connectivity index (χ0v) is 11.2. The van der Waals surface area contributed by atoms with Crippen LogP contribution in [0.1, 0.15) is 24.4 Å². The third-order valence-corrected chi connectivity index (χ3v) is 3.93. The Morgan fingerprint density at radius 1 is 1.10 bits per heavy atom. The van der Waals surface area contributed by atoms with Gasteiger partial charge in [0.1, 0.15) is 6.04 Å². The van der Waals surface area contributed by atoms with E-state index in [1.165, 1.54) is 0 Å². The zero-order valence-electron chi connectivity index (χ0n) is 11.2. The fourth-order valence-electron chi connectivity index (χ4n) is 2.95. The summed E-state index contributed by atoms with van der Waals surface area (Å²) in [5, 5.41) is 2.69. The third kappa shape index (κ3) is 2.41. The molecule has 3 rings (SSSR count). The molecule has 0 aliphatic carbocycles. The van der Waals surface area contributed by atoms with Crippen molar-refractivity contribution in [3.05, 3.63) is 35.9 Å². The van der Waals surface area contributed by atoms with Crippen LogP contribution < -0.4 is 5.32 Å². The minimum absolute atomic E-state index is 0.00893. The lowest BCUT2D eigenvalue weighted by atomic mass is 9.97. The number of hydrogen-bond donors (Lipinski definition) is 1. The van der Waals surface area contributed by atoms with E-state index in [1.54, 1.807) is 4.90 Å². The van der Waals surface area contributed by atoms with Gasteiger partial charge in [-0.15, -0.1) is 0 Å². The van der Waals surface area contributed by atoms with Gasteiger partial charge in [-0.1, -0.05) is 30.3 Å². The maximum Gasteiger partial charge on any atom is 0.247 e. The quantitative estimate of drug-likeness (QED) is 0.870. The van der Waals surface area contributed by atoms with Gasteiger partial charge in [-0.2, -0.15) is 0 Å². The molecule has 0 aromatic heterocycles. The Hall–Kier alpha value is -1.88. The summed E-state index contributed by atoms with van der Waals surface area (Å²) in [7, 11) is 0. The van der Waals surface area contributed by atoms with Gasteiger partial charge in [-0.05, 0) is 18.4 Å². The molecule has 0 radical (unpaired) electrons. The van der Waals surface area contributed by atoms with Gasteiger partial charge in [-0.3, -0.25) is 9.59 Å². The summed E-state index contributed by atoms with van der Waals surface area (Å²) in [5.41, 5.74) is 0.865. The number of piperazine rings is 1. The molecular weight excluding hydrogens is 256 g/mol. The number of hydrogen-bond acceptors (Lipinski definition) is 3. The van der Waals surface area contributed by atoms with E-state index in [0.29, 0.717) is 13.2 Å². The highest BCUT2D eigenvalue weighted by Gasteiger charge is 2.40. The minimum atomic E-state index is -0.513. The average molecular weight is 274 g/mol. The van der Waals surface area contributed by atoms with E-state index in [9.17, 15) is 9.59 Å². The predicted octanol–water partition coefficient (Wildman–Crippen LogP) is 0.865. The summed E-state index contributed by atoms with van der Waals surface area (Å²) in [6.45, 7) is 1.40. The van der Waals surface area contributed by atoms with Crippen LogP contribution in [-0.4, -0.2) is 42.5 Å². The Balaban J connectivity index is 1.93. The average Bonchev–Trinajstić information content (AvgIpc) is 2.51. The Morgan fingerprint density at radius 3 is 2.50 bits per heavy atom. The summed E-state index contributed by atoms with van der Waals surface area (Å²) >= 11 is 0. The van der Waals surface area contributed by atoms with Crippen LogP contribution in [0.2, 0.25) is 0 Å². The van der Waals surface area contributed by atoms with E-state index in [0.717, 1.165) is 18.4 Å². The van der Waals surface area contributed by atoms with Crippen LogP contribution in [0.4, 0.5) is 0 Å². The molecule has 0 saturated carbocycles. The second-order valence-electron chi connectivity index (χ2n) is 5.18. The van der Waals surface area contributed by atoms with Crippen molar-refractivity contribution in [2.45, 2.75) is 24.9 Å². The lowest BCUT2D eigenvalue weighted by Gasteiger charge is -2.42. The summed E-state index contributed by atoms with van der Waals surface area (Å²) in [6, 6.07) is 9.07.